The number of hydrogen-bond acceptors (Lipinski definition) is 4. The highest BCUT2D eigenvalue weighted by Crippen LogP contribution is 2.40. The van der Waals surface area contributed by atoms with Crippen molar-refractivity contribution in [2.45, 2.75) is 128 Å². The van der Waals surface area contributed by atoms with Crippen molar-refractivity contribution < 1.29 is 14.0 Å². The molecule has 0 N–H and O–H groups in total. The maximum atomic E-state index is 6.36. The van der Waals surface area contributed by atoms with Crippen LogP contribution in [0.3, 0.4) is 0 Å². The highest BCUT2D eigenvalue weighted by Gasteiger charge is 2.52. The number of ether oxygens (including phenoxy) is 1. The van der Waals surface area contributed by atoms with E-state index in [4.69, 9.17) is 14.0 Å². The molecule has 0 bridgehead atoms. The molecule has 37 heavy (non-hydrogen) atoms. The summed E-state index contributed by atoms with van der Waals surface area (Å²) in [6.07, 6.45) is 6.70. The Kier molecular flexibility index (Phi) is 13.8. The lowest BCUT2D eigenvalue weighted by Crippen LogP contribution is -2.41. The van der Waals surface area contributed by atoms with Crippen molar-refractivity contribution >= 4 is 13.3 Å². The van der Waals surface area contributed by atoms with Crippen LogP contribution in [0.5, 0.6) is 0 Å². The molecule has 0 aromatic carbocycles. The summed E-state index contributed by atoms with van der Waals surface area (Å²) in [5.74, 6) is 0. The molecule has 210 valence electrons. The SMILES string of the molecule is C=C/C(=C\C(=C(C)C)/C(CC(C)(C)C)=C(C)/C(C)=C(/N=CC)C(C)OC)B1OC(C)(C)C(C)(C)O1.CC. The Labute approximate surface area is 230 Å². The standard InChI is InChI=1S/C30H50BNO3.C2H6/c1-16-24(31-34-29(11,12)30(13,14)35-31)18-25(20(3)4)26(19-28(8,9)10)21(5)22(6)27(32-17-2)23(7)33-15;1-2/h16-18,23H,1,19H2,2-15H3;1-2H3/b24-18+,26-21+,27-22+,32-17?;. The number of aliphatic imine (C=N–C) groups is 1. The van der Waals surface area contributed by atoms with Crippen LogP contribution in [0, 0.1) is 5.41 Å². The molecule has 0 saturated carbocycles. The Hall–Kier alpha value is -1.69. The lowest BCUT2D eigenvalue weighted by molar-refractivity contribution is 0.00578. The fraction of sp³-hybridized carbons (Fsp3) is 0.656. The van der Waals surface area contributed by atoms with Crippen molar-refractivity contribution in [1.29, 1.82) is 0 Å². The fourth-order valence-electron chi connectivity index (χ4n) is 4.04. The van der Waals surface area contributed by atoms with Crippen LogP contribution < -0.4 is 0 Å². The molecule has 5 heteroatoms. The summed E-state index contributed by atoms with van der Waals surface area (Å²) < 4.78 is 18.4. The average Bonchev–Trinajstić information content (AvgIpc) is 3.02. The number of methoxy groups -OCH3 is 1. The summed E-state index contributed by atoms with van der Waals surface area (Å²) in [5, 5.41) is 0. The zero-order valence-electron chi connectivity index (χ0n) is 27.0. The van der Waals surface area contributed by atoms with E-state index in [-0.39, 0.29) is 11.5 Å². The van der Waals surface area contributed by atoms with Crippen molar-refractivity contribution in [2.24, 2.45) is 10.4 Å². The van der Waals surface area contributed by atoms with E-state index in [9.17, 15) is 0 Å². The van der Waals surface area contributed by atoms with Crippen LogP contribution in [-0.2, 0) is 14.0 Å². The van der Waals surface area contributed by atoms with Gasteiger partial charge in [0.15, 0.2) is 0 Å². The van der Waals surface area contributed by atoms with Gasteiger partial charge in [-0.15, -0.1) is 0 Å². The van der Waals surface area contributed by atoms with Crippen LogP contribution in [0.4, 0.5) is 0 Å². The molecular weight excluding hydrogens is 457 g/mol. The number of rotatable bonds is 9. The minimum atomic E-state index is -0.464. The molecule has 1 fully saturated rings. The Bertz CT molecular complexity index is 920. The van der Waals surface area contributed by atoms with E-state index in [1.165, 1.54) is 22.3 Å². The Morgan fingerprint density at radius 2 is 1.49 bits per heavy atom. The summed E-state index contributed by atoms with van der Waals surface area (Å²) in [4.78, 5) is 4.68. The lowest BCUT2D eigenvalue weighted by Gasteiger charge is -2.32. The van der Waals surface area contributed by atoms with Gasteiger partial charge in [0.1, 0.15) is 0 Å². The number of hydrogen-bond donors (Lipinski definition) is 0. The third-order valence-electron chi connectivity index (χ3n) is 7.05. The topological polar surface area (TPSA) is 40.0 Å². The van der Waals surface area contributed by atoms with E-state index in [0.717, 1.165) is 23.2 Å². The quantitative estimate of drug-likeness (QED) is 0.175. The first kappa shape index (κ1) is 35.3. The molecule has 0 amide bonds. The molecule has 1 saturated heterocycles. The van der Waals surface area contributed by atoms with Gasteiger partial charge in [-0.05, 0) is 109 Å². The van der Waals surface area contributed by atoms with E-state index in [1.807, 2.05) is 40.0 Å². The maximum absolute atomic E-state index is 6.36. The third kappa shape index (κ3) is 9.53. The van der Waals surface area contributed by atoms with E-state index in [0.29, 0.717) is 0 Å². The van der Waals surface area contributed by atoms with E-state index in [1.54, 1.807) is 7.11 Å². The molecule has 1 unspecified atom stereocenters. The van der Waals surface area contributed by atoms with Crippen molar-refractivity contribution in [3.8, 4) is 0 Å². The molecule has 1 heterocycles. The molecular formula is C32H56BNO3. The van der Waals surface area contributed by atoms with Gasteiger partial charge in [0.05, 0.1) is 23.0 Å². The van der Waals surface area contributed by atoms with E-state index in [2.05, 4.69) is 93.8 Å². The van der Waals surface area contributed by atoms with Crippen LogP contribution in [0.2, 0.25) is 0 Å². The molecule has 0 radical (unpaired) electrons. The average molecular weight is 514 g/mol. The minimum absolute atomic E-state index is 0.0884. The first-order valence-electron chi connectivity index (χ1n) is 13.7. The number of nitrogens with zero attached hydrogens (tertiary/aromatic N) is 1. The summed E-state index contributed by atoms with van der Waals surface area (Å²) in [5.41, 5.74) is 7.21. The Balaban J connectivity index is 0.00000631. The molecule has 1 aliphatic heterocycles. The molecule has 1 rings (SSSR count). The van der Waals surface area contributed by atoms with Crippen LogP contribution >= 0.6 is 0 Å². The van der Waals surface area contributed by atoms with Gasteiger partial charge in [-0.2, -0.15) is 0 Å². The monoisotopic (exact) mass is 513 g/mol. The fourth-order valence-corrected chi connectivity index (χ4v) is 4.04. The highest BCUT2D eigenvalue weighted by molar-refractivity contribution is 6.55. The first-order chi connectivity index (χ1) is 16.9. The Morgan fingerprint density at radius 1 is 1.00 bits per heavy atom. The predicted molar refractivity (Wildman–Crippen MR) is 164 cm³/mol. The van der Waals surface area contributed by atoms with Gasteiger partial charge in [0.25, 0.3) is 0 Å². The zero-order valence-corrected chi connectivity index (χ0v) is 27.0. The molecule has 1 aliphatic rings. The van der Waals surface area contributed by atoms with Gasteiger partial charge in [-0.25, -0.2) is 0 Å². The lowest BCUT2D eigenvalue weighted by atomic mass is 9.74. The van der Waals surface area contributed by atoms with Crippen molar-refractivity contribution in [2.75, 3.05) is 7.11 Å². The molecule has 0 aliphatic carbocycles. The van der Waals surface area contributed by atoms with Crippen LogP contribution in [0.25, 0.3) is 0 Å². The minimum Gasteiger partial charge on any atom is -0.399 e. The maximum Gasteiger partial charge on any atom is 0.494 e. The largest absolute Gasteiger partial charge is 0.494 e. The zero-order chi connectivity index (χ0) is 29.4. The van der Waals surface area contributed by atoms with Gasteiger partial charge in [0.2, 0.25) is 0 Å². The van der Waals surface area contributed by atoms with Gasteiger partial charge < -0.3 is 14.0 Å². The Morgan fingerprint density at radius 3 is 1.84 bits per heavy atom. The summed E-state index contributed by atoms with van der Waals surface area (Å²) in [7, 11) is 1.26. The molecule has 0 aromatic heterocycles. The van der Waals surface area contributed by atoms with Crippen molar-refractivity contribution in [3.05, 3.63) is 57.8 Å². The van der Waals surface area contributed by atoms with Crippen LogP contribution in [0.1, 0.15) is 110 Å². The van der Waals surface area contributed by atoms with Gasteiger partial charge in [-0.1, -0.05) is 58.9 Å². The summed E-state index contributed by atoms with van der Waals surface area (Å²) in [6.45, 7) is 35.9. The smallest absolute Gasteiger partial charge is 0.399 e. The first-order valence-corrected chi connectivity index (χ1v) is 13.7. The summed E-state index contributed by atoms with van der Waals surface area (Å²) in [6, 6.07) is 0. The third-order valence-corrected chi connectivity index (χ3v) is 7.05. The predicted octanol–water partition coefficient (Wildman–Crippen LogP) is 9.25. The molecule has 1 atom stereocenters. The normalized spacial score (nSPS) is 19.6. The highest BCUT2D eigenvalue weighted by atomic mass is 16.7. The second-order valence-corrected chi connectivity index (χ2v) is 12.0. The second-order valence-electron chi connectivity index (χ2n) is 12.0. The second kappa shape index (κ2) is 14.5. The summed E-state index contributed by atoms with van der Waals surface area (Å²) >= 11 is 0. The van der Waals surface area contributed by atoms with Crippen LogP contribution in [-0.4, -0.2) is 37.7 Å². The van der Waals surface area contributed by atoms with Gasteiger partial charge in [-0.3, -0.25) is 4.99 Å². The van der Waals surface area contributed by atoms with Crippen LogP contribution in [0.15, 0.2) is 62.8 Å². The van der Waals surface area contributed by atoms with E-state index >= 15 is 0 Å². The molecule has 0 spiro atoms. The number of allylic oxidation sites excluding steroid dienone is 8. The van der Waals surface area contributed by atoms with Gasteiger partial charge >= 0.3 is 7.12 Å². The van der Waals surface area contributed by atoms with Gasteiger partial charge in [0, 0.05) is 13.3 Å². The van der Waals surface area contributed by atoms with Crippen molar-refractivity contribution in [3.63, 3.8) is 0 Å². The molecule has 0 aromatic rings. The van der Waals surface area contributed by atoms with E-state index < -0.39 is 18.3 Å². The van der Waals surface area contributed by atoms with Crippen molar-refractivity contribution in [1.82, 2.24) is 0 Å². The molecule has 4 nitrogen and oxygen atoms in total.